The van der Waals surface area contributed by atoms with Gasteiger partial charge in [0.2, 0.25) is 0 Å². The predicted octanol–water partition coefficient (Wildman–Crippen LogP) is 1.25. The van der Waals surface area contributed by atoms with E-state index in [9.17, 15) is 9.59 Å². The van der Waals surface area contributed by atoms with Crippen LogP contribution in [-0.2, 0) is 9.53 Å². The smallest absolute Gasteiger partial charge is 0.315 e. The van der Waals surface area contributed by atoms with Crippen molar-refractivity contribution < 1.29 is 19.4 Å². The molecule has 2 amide bonds. The van der Waals surface area contributed by atoms with Crippen LogP contribution in [0.25, 0.3) is 0 Å². The van der Waals surface area contributed by atoms with Crippen molar-refractivity contribution in [2.75, 3.05) is 13.2 Å². The van der Waals surface area contributed by atoms with Gasteiger partial charge >= 0.3 is 12.0 Å². The Hall–Kier alpha value is -1.30. The summed E-state index contributed by atoms with van der Waals surface area (Å²) in [6.45, 7) is 1.39. The average Bonchev–Trinajstić information content (AvgIpc) is 2.78. The van der Waals surface area contributed by atoms with Crippen LogP contribution in [0, 0.1) is 0 Å². The molecule has 1 saturated carbocycles. The molecule has 0 aromatic carbocycles. The van der Waals surface area contributed by atoms with E-state index in [1.165, 1.54) is 0 Å². The topological polar surface area (TPSA) is 87.7 Å². The minimum Gasteiger partial charge on any atom is -0.481 e. The Bertz CT molecular complexity index is 336. The number of aliphatic carboxylic acids is 1. The molecule has 1 aliphatic heterocycles. The van der Waals surface area contributed by atoms with Gasteiger partial charge in [0.1, 0.15) is 0 Å². The molecule has 6 heteroatoms. The maximum absolute atomic E-state index is 11.8. The van der Waals surface area contributed by atoms with Crippen molar-refractivity contribution in [1.29, 1.82) is 0 Å². The Morgan fingerprint density at radius 3 is 2.63 bits per heavy atom. The molecule has 2 fully saturated rings. The molecule has 0 aromatic heterocycles. The molecule has 0 aromatic rings. The van der Waals surface area contributed by atoms with E-state index in [1.54, 1.807) is 0 Å². The lowest BCUT2D eigenvalue weighted by Crippen LogP contribution is -2.57. The van der Waals surface area contributed by atoms with Crippen molar-refractivity contribution >= 4 is 12.0 Å². The molecule has 6 nitrogen and oxygen atoms in total. The highest BCUT2D eigenvalue weighted by molar-refractivity contribution is 5.77. The fraction of sp³-hybridized carbons (Fsp3) is 0.846. The quantitative estimate of drug-likeness (QED) is 0.678. The van der Waals surface area contributed by atoms with Crippen molar-refractivity contribution in [1.82, 2.24) is 10.6 Å². The highest BCUT2D eigenvalue weighted by atomic mass is 16.5. The molecule has 0 spiro atoms. The maximum atomic E-state index is 11.8. The van der Waals surface area contributed by atoms with Crippen molar-refractivity contribution in [2.24, 2.45) is 0 Å². The highest BCUT2D eigenvalue weighted by Crippen LogP contribution is 2.34. The third-order valence-corrected chi connectivity index (χ3v) is 3.95. The SMILES string of the molecule is O=C(O)CC1(NC(=O)NCCC2CCCO2)CCC1. The molecule has 0 bridgehead atoms. The normalized spacial score (nSPS) is 24.5. The van der Waals surface area contributed by atoms with Gasteiger partial charge in [0.25, 0.3) is 0 Å². The summed E-state index contributed by atoms with van der Waals surface area (Å²) in [6, 6.07) is -0.265. The minimum absolute atomic E-state index is 0.00611. The number of ether oxygens (including phenoxy) is 1. The molecule has 108 valence electrons. The van der Waals surface area contributed by atoms with Gasteiger partial charge in [0.05, 0.1) is 18.1 Å². The second kappa shape index (κ2) is 6.23. The van der Waals surface area contributed by atoms with E-state index in [-0.39, 0.29) is 18.6 Å². The number of urea groups is 1. The first-order valence-corrected chi connectivity index (χ1v) is 6.99. The number of nitrogens with one attached hydrogen (secondary N) is 2. The molecule has 1 aliphatic carbocycles. The van der Waals surface area contributed by atoms with E-state index < -0.39 is 11.5 Å². The molecule has 1 atom stereocenters. The third kappa shape index (κ3) is 4.09. The van der Waals surface area contributed by atoms with Gasteiger partial charge in [-0.15, -0.1) is 0 Å². The minimum atomic E-state index is -0.862. The van der Waals surface area contributed by atoms with Crippen LogP contribution in [0.15, 0.2) is 0 Å². The summed E-state index contributed by atoms with van der Waals surface area (Å²) in [5.41, 5.74) is -0.528. The third-order valence-electron chi connectivity index (χ3n) is 3.95. The molecule has 2 aliphatic rings. The molecule has 1 heterocycles. The van der Waals surface area contributed by atoms with Gasteiger partial charge in [0, 0.05) is 13.2 Å². The molecule has 2 rings (SSSR count). The van der Waals surface area contributed by atoms with Gasteiger partial charge in [-0.2, -0.15) is 0 Å². The Kier molecular flexibility index (Phi) is 4.63. The van der Waals surface area contributed by atoms with Crippen molar-refractivity contribution in [3.63, 3.8) is 0 Å². The van der Waals surface area contributed by atoms with E-state index >= 15 is 0 Å². The number of carboxylic acids is 1. The lowest BCUT2D eigenvalue weighted by molar-refractivity contribution is -0.139. The van der Waals surface area contributed by atoms with E-state index in [0.717, 1.165) is 45.1 Å². The van der Waals surface area contributed by atoms with Crippen molar-refractivity contribution in [3.05, 3.63) is 0 Å². The van der Waals surface area contributed by atoms with E-state index in [1.807, 2.05) is 0 Å². The molecule has 19 heavy (non-hydrogen) atoms. The summed E-state index contributed by atoms with van der Waals surface area (Å²) < 4.78 is 5.47. The molecule has 1 saturated heterocycles. The average molecular weight is 270 g/mol. The second-order valence-corrected chi connectivity index (χ2v) is 5.51. The zero-order valence-corrected chi connectivity index (χ0v) is 11.1. The summed E-state index contributed by atoms with van der Waals surface area (Å²) in [5.74, 6) is -0.862. The number of hydrogen-bond acceptors (Lipinski definition) is 3. The number of carbonyl (C=O) groups is 2. The van der Waals surface area contributed by atoms with Gasteiger partial charge in [-0.3, -0.25) is 4.79 Å². The number of carbonyl (C=O) groups excluding carboxylic acids is 1. The molecular weight excluding hydrogens is 248 g/mol. The molecule has 1 unspecified atom stereocenters. The Balaban J connectivity index is 1.66. The first-order chi connectivity index (χ1) is 9.10. The fourth-order valence-corrected chi connectivity index (χ4v) is 2.74. The van der Waals surface area contributed by atoms with E-state index in [0.29, 0.717) is 6.54 Å². The van der Waals surface area contributed by atoms with Crippen LogP contribution in [-0.4, -0.2) is 41.9 Å². The van der Waals surface area contributed by atoms with Gasteiger partial charge in [-0.1, -0.05) is 0 Å². The monoisotopic (exact) mass is 270 g/mol. The Labute approximate surface area is 112 Å². The zero-order chi connectivity index (χ0) is 13.7. The number of amides is 2. The van der Waals surface area contributed by atoms with Crippen LogP contribution in [0.2, 0.25) is 0 Å². The van der Waals surface area contributed by atoms with Gasteiger partial charge in [-0.25, -0.2) is 4.79 Å². The van der Waals surface area contributed by atoms with Crippen LogP contribution < -0.4 is 10.6 Å². The molecule has 3 N–H and O–H groups in total. The van der Waals surface area contributed by atoms with Gasteiger partial charge in [0.15, 0.2) is 0 Å². The van der Waals surface area contributed by atoms with Crippen LogP contribution in [0.3, 0.4) is 0 Å². The standard InChI is InChI=1S/C13H22N2O4/c16-11(17)9-13(5-2-6-13)15-12(18)14-7-4-10-3-1-8-19-10/h10H,1-9H2,(H,16,17)(H2,14,15,18). The van der Waals surface area contributed by atoms with Crippen LogP contribution in [0.4, 0.5) is 4.79 Å². The highest BCUT2D eigenvalue weighted by Gasteiger charge is 2.40. The predicted molar refractivity (Wildman–Crippen MR) is 69.0 cm³/mol. The van der Waals surface area contributed by atoms with Gasteiger partial charge < -0.3 is 20.5 Å². The summed E-state index contributed by atoms with van der Waals surface area (Å²) in [6.07, 6.45) is 5.72. The molecular formula is C13H22N2O4. The zero-order valence-electron chi connectivity index (χ0n) is 11.1. The van der Waals surface area contributed by atoms with E-state index in [4.69, 9.17) is 9.84 Å². The lowest BCUT2D eigenvalue weighted by atomic mass is 9.74. The first-order valence-electron chi connectivity index (χ1n) is 6.99. The lowest BCUT2D eigenvalue weighted by Gasteiger charge is -2.41. The summed E-state index contributed by atoms with van der Waals surface area (Å²) in [4.78, 5) is 22.5. The van der Waals surface area contributed by atoms with Crippen LogP contribution in [0.5, 0.6) is 0 Å². The number of hydrogen-bond donors (Lipinski definition) is 3. The van der Waals surface area contributed by atoms with Gasteiger partial charge in [-0.05, 0) is 38.5 Å². The van der Waals surface area contributed by atoms with E-state index in [2.05, 4.69) is 10.6 Å². The Morgan fingerprint density at radius 2 is 2.11 bits per heavy atom. The fourth-order valence-electron chi connectivity index (χ4n) is 2.74. The summed E-state index contributed by atoms with van der Waals surface area (Å²) >= 11 is 0. The van der Waals surface area contributed by atoms with Crippen molar-refractivity contribution in [2.45, 2.75) is 56.6 Å². The molecule has 0 radical (unpaired) electrons. The van der Waals surface area contributed by atoms with Crippen molar-refractivity contribution in [3.8, 4) is 0 Å². The Morgan fingerprint density at radius 1 is 1.32 bits per heavy atom. The largest absolute Gasteiger partial charge is 0.481 e. The first kappa shape index (κ1) is 14.1. The second-order valence-electron chi connectivity index (χ2n) is 5.51. The number of rotatable bonds is 6. The maximum Gasteiger partial charge on any atom is 0.315 e. The number of carboxylic acid groups (broad SMARTS) is 1. The van der Waals surface area contributed by atoms with Crippen LogP contribution >= 0.6 is 0 Å². The van der Waals surface area contributed by atoms with Crippen LogP contribution in [0.1, 0.15) is 44.9 Å². The summed E-state index contributed by atoms with van der Waals surface area (Å²) in [5, 5.41) is 14.5. The summed E-state index contributed by atoms with van der Waals surface area (Å²) in [7, 11) is 0.